The average Bonchev–Trinajstić information content (AvgIpc) is 2.35. The third kappa shape index (κ3) is 3.69. The van der Waals surface area contributed by atoms with Gasteiger partial charge in [0.1, 0.15) is 0 Å². The zero-order valence-corrected chi connectivity index (χ0v) is 12.3. The summed E-state index contributed by atoms with van der Waals surface area (Å²) in [6, 6.07) is 0.470. The third-order valence-corrected chi connectivity index (χ3v) is 4.36. The van der Waals surface area contributed by atoms with Crippen molar-refractivity contribution >= 4 is 5.91 Å². The number of amides is 1. The Kier molecular flexibility index (Phi) is 5.60. The molecule has 4 nitrogen and oxygen atoms in total. The summed E-state index contributed by atoms with van der Waals surface area (Å²) in [6.07, 6.45) is 5.16. The molecule has 106 valence electrons. The van der Waals surface area contributed by atoms with Crippen LogP contribution in [0.25, 0.3) is 0 Å². The SMILES string of the molecule is CNC1(C(N)=O)CCCC(N(C)CCC(C)C)C1. The molecule has 1 aliphatic rings. The molecule has 0 saturated heterocycles. The number of likely N-dealkylation sites (N-methyl/N-ethyl adjacent to an activating group) is 1. The monoisotopic (exact) mass is 255 g/mol. The van der Waals surface area contributed by atoms with Crippen LogP contribution >= 0.6 is 0 Å². The summed E-state index contributed by atoms with van der Waals surface area (Å²) in [5.74, 6) is 0.521. The molecule has 0 aromatic heterocycles. The van der Waals surface area contributed by atoms with E-state index >= 15 is 0 Å². The molecule has 0 bridgehead atoms. The first kappa shape index (κ1) is 15.4. The van der Waals surface area contributed by atoms with Crippen LogP contribution < -0.4 is 11.1 Å². The standard InChI is InChI=1S/C14H29N3O/c1-11(2)7-9-17(4)12-6-5-8-14(10-12,16-3)13(15)18/h11-12,16H,5-10H2,1-4H3,(H2,15,18). The van der Waals surface area contributed by atoms with E-state index in [0.29, 0.717) is 6.04 Å². The van der Waals surface area contributed by atoms with Gasteiger partial charge in [-0.15, -0.1) is 0 Å². The normalized spacial score (nSPS) is 28.9. The van der Waals surface area contributed by atoms with Crippen molar-refractivity contribution < 1.29 is 4.79 Å². The Bertz CT molecular complexity index is 280. The highest BCUT2D eigenvalue weighted by Crippen LogP contribution is 2.30. The van der Waals surface area contributed by atoms with E-state index in [9.17, 15) is 4.79 Å². The molecule has 0 spiro atoms. The molecule has 1 amide bonds. The van der Waals surface area contributed by atoms with Gasteiger partial charge in [-0.3, -0.25) is 4.79 Å². The fourth-order valence-corrected chi connectivity index (χ4v) is 2.84. The van der Waals surface area contributed by atoms with Crippen molar-refractivity contribution in [3.8, 4) is 0 Å². The van der Waals surface area contributed by atoms with Crippen molar-refractivity contribution in [3.05, 3.63) is 0 Å². The molecule has 3 N–H and O–H groups in total. The van der Waals surface area contributed by atoms with Crippen molar-refractivity contribution in [3.63, 3.8) is 0 Å². The van der Waals surface area contributed by atoms with Crippen molar-refractivity contribution in [1.29, 1.82) is 0 Å². The fourth-order valence-electron chi connectivity index (χ4n) is 2.84. The summed E-state index contributed by atoms with van der Waals surface area (Å²) in [7, 11) is 4.01. The second-order valence-corrected chi connectivity index (χ2v) is 6.11. The molecule has 0 heterocycles. The molecule has 1 rings (SSSR count). The van der Waals surface area contributed by atoms with Gasteiger partial charge in [-0.1, -0.05) is 13.8 Å². The zero-order chi connectivity index (χ0) is 13.8. The molecular weight excluding hydrogens is 226 g/mol. The van der Waals surface area contributed by atoms with Crippen LogP contribution in [0.2, 0.25) is 0 Å². The van der Waals surface area contributed by atoms with E-state index in [0.717, 1.165) is 31.7 Å². The Morgan fingerprint density at radius 3 is 2.72 bits per heavy atom. The second kappa shape index (κ2) is 6.53. The summed E-state index contributed by atoms with van der Waals surface area (Å²) in [4.78, 5) is 14.1. The molecule has 0 aliphatic heterocycles. The highest BCUT2D eigenvalue weighted by Gasteiger charge is 2.40. The molecule has 2 unspecified atom stereocenters. The molecule has 0 aromatic rings. The number of nitrogens with two attached hydrogens (primary N) is 1. The number of carbonyl (C=O) groups excluding carboxylic acids is 1. The predicted octanol–water partition coefficient (Wildman–Crippen LogP) is 1.35. The quantitative estimate of drug-likeness (QED) is 0.753. The van der Waals surface area contributed by atoms with Gasteiger partial charge in [-0.25, -0.2) is 0 Å². The molecule has 2 atom stereocenters. The van der Waals surface area contributed by atoms with Gasteiger partial charge in [0.15, 0.2) is 0 Å². The van der Waals surface area contributed by atoms with Crippen LogP contribution in [0.5, 0.6) is 0 Å². The summed E-state index contributed by atoms with van der Waals surface area (Å²) in [5, 5.41) is 3.17. The lowest BCUT2D eigenvalue weighted by atomic mass is 9.78. The molecule has 4 heteroatoms. The van der Waals surface area contributed by atoms with Crippen molar-refractivity contribution in [1.82, 2.24) is 10.2 Å². The van der Waals surface area contributed by atoms with E-state index in [1.807, 2.05) is 7.05 Å². The largest absolute Gasteiger partial charge is 0.368 e. The molecule has 1 fully saturated rings. The first-order chi connectivity index (χ1) is 8.41. The van der Waals surface area contributed by atoms with Crippen LogP contribution in [0.15, 0.2) is 0 Å². The minimum atomic E-state index is -0.491. The van der Waals surface area contributed by atoms with Crippen LogP contribution in [-0.2, 0) is 4.79 Å². The summed E-state index contributed by atoms with van der Waals surface area (Å²) < 4.78 is 0. The van der Waals surface area contributed by atoms with Crippen LogP contribution in [0, 0.1) is 5.92 Å². The average molecular weight is 255 g/mol. The van der Waals surface area contributed by atoms with Crippen molar-refractivity contribution in [2.24, 2.45) is 11.7 Å². The summed E-state index contributed by atoms with van der Waals surface area (Å²) in [5.41, 5.74) is 5.09. The number of nitrogens with one attached hydrogen (secondary N) is 1. The van der Waals surface area contributed by atoms with Gasteiger partial charge in [0.2, 0.25) is 5.91 Å². The lowest BCUT2D eigenvalue weighted by Crippen LogP contribution is -2.59. The number of primary amides is 1. The van der Waals surface area contributed by atoms with E-state index in [1.165, 1.54) is 12.8 Å². The number of carbonyl (C=O) groups is 1. The van der Waals surface area contributed by atoms with Gasteiger partial charge in [0.25, 0.3) is 0 Å². The number of rotatable bonds is 6. The molecule has 1 saturated carbocycles. The van der Waals surface area contributed by atoms with Crippen molar-refractivity contribution in [2.75, 3.05) is 20.6 Å². The van der Waals surface area contributed by atoms with Crippen molar-refractivity contribution in [2.45, 2.75) is 57.5 Å². The van der Waals surface area contributed by atoms with Gasteiger partial charge in [0.05, 0.1) is 5.54 Å². The maximum Gasteiger partial charge on any atom is 0.237 e. The topological polar surface area (TPSA) is 58.4 Å². The van der Waals surface area contributed by atoms with Crippen LogP contribution in [0.1, 0.15) is 46.0 Å². The highest BCUT2D eigenvalue weighted by molar-refractivity contribution is 5.84. The summed E-state index contributed by atoms with van der Waals surface area (Å²) >= 11 is 0. The van der Waals surface area contributed by atoms with Crippen LogP contribution in [0.4, 0.5) is 0 Å². The van der Waals surface area contributed by atoms with E-state index < -0.39 is 5.54 Å². The Morgan fingerprint density at radius 1 is 1.56 bits per heavy atom. The van der Waals surface area contributed by atoms with E-state index in [2.05, 4.69) is 31.1 Å². The Hall–Kier alpha value is -0.610. The lowest BCUT2D eigenvalue weighted by Gasteiger charge is -2.42. The maximum atomic E-state index is 11.7. The fraction of sp³-hybridized carbons (Fsp3) is 0.929. The minimum Gasteiger partial charge on any atom is -0.368 e. The van der Waals surface area contributed by atoms with E-state index in [-0.39, 0.29) is 5.91 Å². The van der Waals surface area contributed by atoms with Gasteiger partial charge in [-0.05, 0) is 58.7 Å². The van der Waals surface area contributed by atoms with Crippen LogP contribution in [-0.4, -0.2) is 43.0 Å². The van der Waals surface area contributed by atoms with Gasteiger partial charge < -0.3 is 16.0 Å². The molecule has 1 aliphatic carbocycles. The maximum absolute atomic E-state index is 11.7. The molecule has 0 radical (unpaired) electrons. The minimum absolute atomic E-state index is 0.202. The highest BCUT2D eigenvalue weighted by atomic mass is 16.1. The molecule has 18 heavy (non-hydrogen) atoms. The first-order valence-electron chi connectivity index (χ1n) is 7.10. The van der Waals surface area contributed by atoms with Gasteiger partial charge in [0, 0.05) is 6.04 Å². The second-order valence-electron chi connectivity index (χ2n) is 6.11. The van der Waals surface area contributed by atoms with Gasteiger partial charge in [-0.2, -0.15) is 0 Å². The number of hydrogen-bond acceptors (Lipinski definition) is 3. The Labute approximate surface area is 111 Å². The lowest BCUT2D eigenvalue weighted by molar-refractivity contribution is -0.126. The first-order valence-corrected chi connectivity index (χ1v) is 7.10. The number of hydrogen-bond donors (Lipinski definition) is 2. The molecular formula is C14H29N3O. The third-order valence-electron chi connectivity index (χ3n) is 4.36. The summed E-state index contributed by atoms with van der Waals surface area (Å²) in [6.45, 7) is 5.59. The predicted molar refractivity (Wildman–Crippen MR) is 75.3 cm³/mol. The van der Waals surface area contributed by atoms with E-state index in [1.54, 1.807) is 0 Å². The van der Waals surface area contributed by atoms with Crippen LogP contribution in [0.3, 0.4) is 0 Å². The zero-order valence-electron chi connectivity index (χ0n) is 12.3. The Balaban J connectivity index is 2.59. The number of nitrogens with zero attached hydrogens (tertiary/aromatic N) is 1. The van der Waals surface area contributed by atoms with E-state index in [4.69, 9.17) is 5.73 Å². The molecule has 0 aromatic carbocycles. The Morgan fingerprint density at radius 2 is 2.22 bits per heavy atom. The van der Waals surface area contributed by atoms with Gasteiger partial charge >= 0.3 is 0 Å². The smallest absolute Gasteiger partial charge is 0.237 e.